The van der Waals surface area contributed by atoms with Crippen LogP contribution in [-0.2, 0) is 14.3 Å². The number of rotatable bonds is 6. The number of esters is 1. The van der Waals surface area contributed by atoms with Crippen molar-refractivity contribution in [2.75, 3.05) is 33.4 Å². The minimum Gasteiger partial charge on any atom is -0.465 e. The molecule has 5 heteroatoms. The van der Waals surface area contributed by atoms with Gasteiger partial charge in [0, 0.05) is 31.4 Å². The maximum Gasteiger partial charge on any atom is 0.315 e. The zero-order valence-corrected chi connectivity index (χ0v) is 10.6. The molecule has 1 saturated heterocycles. The van der Waals surface area contributed by atoms with E-state index in [0.29, 0.717) is 32.1 Å². The van der Waals surface area contributed by atoms with Crippen LogP contribution in [0.3, 0.4) is 0 Å². The summed E-state index contributed by atoms with van der Waals surface area (Å²) in [5, 5.41) is 11.1. The summed E-state index contributed by atoms with van der Waals surface area (Å²) in [6.07, 6.45) is 1.66. The minimum atomic E-state index is -0.456. The molecule has 1 fully saturated rings. The molecule has 2 N–H and O–H groups in total. The molecule has 1 aliphatic rings. The van der Waals surface area contributed by atoms with Crippen LogP contribution in [0.5, 0.6) is 0 Å². The number of carbonyl (C=O) groups is 1. The number of carbonyl (C=O) groups excluding carboxylic acids is 1. The maximum absolute atomic E-state index is 11.8. The third kappa shape index (κ3) is 4.09. The maximum atomic E-state index is 11.8. The molecule has 0 aliphatic carbocycles. The van der Waals surface area contributed by atoms with Gasteiger partial charge < -0.3 is 20.2 Å². The van der Waals surface area contributed by atoms with E-state index in [-0.39, 0.29) is 11.9 Å². The van der Waals surface area contributed by atoms with E-state index in [2.05, 4.69) is 5.32 Å². The van der Waals surface area contributed by atoms with E-state index in [0.717, 1.165) is 12.8 Å². The van der Waals surface area contributed by atoms with Gasteiger partial charge in [0.15, 0.2) is 0 Å². The summed E-state index contributed by atoms with van der Waals surface area (Å²) in [5.74, 6) is -0.590. The SMILES string of the molecule is CCOC(=O)C(CNC)C(=N)C1CCOCC1. The third-order valence-electron chi connectivity index (χ3n) is 3.02. The van der Waals surface area contributed by atoms with Gasteiger partial charge in [0.1, 0.15) is 5.92 Å². The molecule has 5 nitrogen and oxygen atoms in total. The van der Waals surface area contributed by atoms with E-state index in [1.165, 1.54) is 0 Å². The van der Waals surface area contributed by atoms with E-state index in [9.17, 15) is 4.79 Å². The number of hydrogen-bond donors (Lipinski definition) is 2. The molecule has 0 saturated carbocycles. The van der Waals surface area contributed by atoms with Crippen LogP contribution < -0.4 is 5.32 Å². The van der Waals surface area contributed by atoms with E-state index in [1.54, 1.807) is 14.0 Å². The largest absolute Gasteiger partial charge is 0.465 e. The highest BCUT2D eigenvalue weighted by atomic mass is 16.5. The second-order valence-corrected chi connectivity index (χ2v) is 4.20. The molecular weight excluding hydrogens is 220 g/mol. The Morgan fingerprint density at radius 2 is 2.18 bits per heavy atom. The highest BCUT2D eigenvalue weighted by Crippen LogP contribution is 2.20. The van der Waals surface area contributed by atoms with Crippen molar-refractivity contribution >= 4 is 11.7 Å². The van der Waals surface area contributed by atoms with Crippen LogP contribution in [0.4, 0.5) is 0 Å². The van der Waals surface area contributed by atoms with Crippen molar-refractivity contribution in [3.63, 3.8) is 0 Å². The summed E-state index contributed by atoms with van der Waals surface area (Å²) in [6, 6.07) is 0. The van der Waals surface area contributed by atoms with Gasteiger partial charge in [-0.05, 0) is 26.8 Å². The Labute approximate surface area is 102 Å². The molecule has 0 aromatic heterocycles. The van der Waals surface area contributed by atoms with Gasteiger partial charge in [-0.1, -0.05) is 0 Å². The average Bonchev–Trinajstić information content (AvgIpc) is 2.36. The van der Waals surface area contributed by atoms with Crippen molar-refractivity contribution in [1.82, 2.24) is 5.32 Å². The first-order valence-corrected chi connectivity index (χ1v) is 6.18. The smallest absolute Gasteiger partial charge is 0.315 e. The van der Waals surface area contributed by atoms with Crippen LogP contribution in [0, 0.1) is 17.2 Å². The van der Waals surface area contributed by atoms with E-state index in [4.69, 9.17) is 14.9 Å². The van der Waals surface area contributed by atoms with Gasteiger partial charge >= 0.3 is 5.97 Å². The number of hydrogen-bond acceptors (Lipinski definition) is 5. The number of ether oxygens (including phenoxy) is 2. The normalized spacial score (nSPS) is 18.7. The highest BCUT2D eigenvalue weighted by Gasteiger charge is 2.30. The Balaban J connectivity index is 2.61. The zero-order valence-electron chi connectivity index (χ0n) is 10.6. The van der Waals surface area contributed by atoms with Crippen molar-refractivity contribution < 1.29 is 14.3 Å². The summed E-state index contributed by atoms with van der Waals surface area (Å²) < 4.78 is 10.3. The van der Waals surface area contributed by atoms with Crippen LogP contribution in [0.1, 0.15) is 19.8 Å². The van der Waals surface area contributed by atoms with Gasteiger partial charge in [0.2, 0.25) is 0 Å². The van der Waals surface area contributed by atoms with Crippen LogP contribution in [0.25, 0.3) is 0 Å². The van der Waals surface area contributed by atoms with Crippen LogP contribution in [-0.4, -0.2) is 45.1 Å². The first kappa shape index (κ1) is 14.1. The standard InChI is InChI=1S/C12H22N2O3/c1-3-17-12(15)10(8-14-2)11(13)9-4-6-16-7-5-9/h9-10,13-14H,3-8H2,1-2H3. The van der Waals surface area contributed by atoms with Crippen molar-refractivity contribution in [3.05, 3.63) is 0 Å². The molecule has 1 heterocycles. The number of nitrogens with one attached hydrogen (secondary N) is 2. The Morgan fingerprint density at radius 3 is 2.71 bits per heavy atom. The summed E-state index contributed by atoms with van der Waals surface area (Å²) >= 11 is 0. The highest BCUT2D eigenvalue weighted by molar-refractivity contribution is 6.02. The van der Waals surface area contributed by atoms with Crippen molar-refractivity contribution in [2.45, 2.75) is 19.8 Å². The van der Waals surface area contributed by atoms with Gasteiger partial charge in [-0.15, -0.1) is 0 Å². The Kier molecular flexibility index (Phi) is 6.15. The Morgan fingerprint density at radius 1 is 1.53 bits per heavy atom. The average molecular weight is 242 g/mol. The van der Waals surface area contributed by atoms with E-state index >= 15 is 0 Å². The Hall–Kier alpha value is -0.940. The molecule has 0 aromatic carbocycles. The van der Waals surface area contributed by atoms with Crippen LogP contribution in [0.2, 0.25) is 0 Å². The fourth-order valence-corrected chi connectivity index (χ4v) is 2.06. The lowest BCUT2D eigenvalue weighted by Gasteiger charge is -2.26. The first-order valence-electron chi connectivity index (χ1n) is 6.18. The van der Waals surface area contributed by atoms with E-state index in [1.807, 2.05) is 0 Å². The predicted octanol–water partition coefficient (Wildman–Crippen LogP) is 0.831. The summed E-state index contributed by atoms with van der Waals surface area (Å²) in [4.78, 5) is 11.8. The van der Waals surface area contributed by atoms with Crippen molar-refractivity contribution in [1.29, 1.82) is 5.41 Å². The fourth-order valence-electron chi connectivity index (χ4n) is 2.06. The quantitative estimate of drug-likeness (QED) is 0.534. The molecule has 0 spiro atoms. The summed E-state index contributed by atoms with van der Waals surface area (Å²) in [5.41, 5.74) is 0.487. The molecule has 1 rings (SSSR count). The molecule has 0 bridgehead atoms. The first-order chi connectivity index (χ1) is 8.20. The molecule has 1 aliphatic heterocycles. The molecule has 98 valence electrons. The molecule has 0 aromatic rings. The van der Waals surface area contributed by atoms with Gasteiger partial charge in [0.05, 0.1) is 6.61 Å². The monoisotopic (exact) mass is 242 g/mol. The molecule has 1 atom stereocenters. The van der Waals surface area contributed by atoms with Gasteiger partial charge in [-0.3, -0.25) is 4.79 Å². The molecular formula is C12H22N2O3. The summed E-state index contributed by atoms with van der Waals surface area (Å²) in [6.45, 7) is 3.98. The van der Waals surface area contributed by atoms with Crippen LogP contribution >= 0.6 is 0 Å². The third-order valence-corrected chi connectivity index (χ3v) is 3.02. The van der Waals surface area contributed by atoms with Crippen LogP contribution in [0.15, 0.2) is 0 Å². The van der Waals surface area contributed by atoms with Crippen molar-refractivity contribution in [3.8, 4) is 0 Å². The predicted molar refractivity (Wildman–Crippen MR) is 65.3 cm³/mol. The second-order valence-electron chi connectivity index (χ2n) is 4.20. The lowest BCUT2D eigenvalue weighted by Crippen LogP contribution is -2.39. The Bertz CT molecular complexity index is 262. The summed E-state index contributed by atoms with van der Waals surface area (Å²) in [7, 11) is 1.78. The van der Waals surface area contributed by atoms with E-state index < -0.39 is 5.92 Å². The second kappa shape index (κ2) is 7.40. The van der Waals surface area contributed by atoms with Gasteiger partial charge in [-0.25, -0.2) is 0 Å². The molecule has 0 amide bonds. The lowest BCUT2D eigenvalue weighted by atomic mass is 9.86. The van der Waals surface area contributed by atoms with Crippen molar-refractivity contribution in [2.24, 2.45) is 11.8 Å². The topological polar surface area (TPSA) is 71.4 Å². The minimum absolute atomic E-state index is 0.159. The van der Waals surface area contributed by atoms with Gasteiger partial charge in [0.25, 0.3) is 0 Å². The lowest BCUT2D eigenvalue weighted by molar-refractivity contribution is -0.145. The fraction of sp³-hybridized carbons (Fsp3) is 0.833. The molecule has 1 unspecified atom stereocenters. The van der Waals surface area contributed by atoms with Gasteiger partial charge in [-0.2, -0.15) is 0 Å². The zero-order chi connectivity index (χ0) is 12.7. The molecule has 0 radical (unpaired) electrons. The molecule has 17 heavy (non-hydrogen) atoms.